The fourth-order valence-corrected chi connectivity index (χ4v) is 4.01. The highest BCUT2D eigenvalue weighted by molar-refractivity contribution is 7.20. The Morgan fingerprint density at radius 3 is 2.37 bits per heavy atom. The first-order chi connectivity index (χ1) is 12.8. The second kappa shape index (κ2) is 7.44. The Balaban J connectivity index is 1.86. The van der Waals surface area contributed by atoms with Crippen LogP contribution in [0.4, 0.5) is 11.4 Å². The average Bonchev–Trinajstić information content (AvgIpc) is 2.91. The zero-order chi connectivity index (χ0) is 19.7. The van der Waals surface area contributed by atoms with Gasteiger partial charge in [0, 0.05) is 28.4 Å². The highest BCUT2D eigenvalue weighted by atomic mass is 32.1. The van der Waals surface area contributed by atoms with Crippen LogP contribution in [0.3, 0.4) is 0 Å². The van der Waals surface area contributed by atoms with Crippen LogP contribution >= 0.6 is 11.3 Å². The number of carbonyl (C=O) groups is 2. The summed E-state index contributed by atoms with van der Waals surface area (Å²) < 4.78 is 0. The number of hydrogen-bond acceptors (Lipinski definition) is 5. The Kier molecular flexibility index (Phi) is 5.23. The molecule has 2 amide bonds. The minimum Gasteiger partial charge on any atom is -0.326 e. The highest BCUT2D eigenvalue weighted by Crippen LogP contribution is 2.31. The van der Waals surface area contributed by atoms with E-state index in [4.69, 9.17) is 0 Å². The van der Waals surface area contributed by atoms with Crippen molar-refractivity contribution in [1.29, 1.82) is 0 Å². The number of anilines is 2. The number of nitrogens with one attached hydrogen (secondary N) is 2. The highest BCUT2D eigenvalue weighted by Gasteiger charge is 2.19. The van der Waals surface area contributed by atoms with E-state index in [9.17, 15) is 9.59 Å². The number of nitrogens with zero attached hydrogens (tertiary/aromatic N) is 2. The molecule has 0 aliphatic rings. The number of amides is 2. The Morgan fingerprint density at radius 2 is 1.70 bits per heavy atom. The molecule has 0 atom stereocenters. The lowest BCUT2D eigenvalue weighted by Gasteiger charge is -2.10. The number of fused-ring (bicyclic) bond motifs is 1. The van der Waals surface area contributed by atoms with Crippen LogP contribution in [0.5, 0.6) is 0 Å². The number of benzene rings is 1. The molecule has 0 radical (unpaired) electrons. The van der Waals surface area contributed by atoms with E-state index >= 15 is 0 Å². The summed E-state index contributed by atoms with van der Waals surface area (Å²) in [5, 5.41) is 6.68. The molecule has 0 fully saturated rings. The van der Waals surface area contributed by atoms with Crippen LogP contribution in [-0.2, 0) is 4.79 Å². The maximum absolute atomic E-state index is 12.8. The van der Waals surface area contributed by atoms with Crippen molar-refractivity contribution >= 4 is 44.7 Å². The average molecular weight is 382 g/mol. The molecule has 2 N–H and O–H groups in total. The van der Waals surface area contributed by atoms with Gasteiger partial charge in [0.2, 0.25) is 5.91 Å². The Hall–Kier alpha value is -2.80. The van der Waals surface area contributed by atoms with Crippen LogP contribution in [0.25, 0.3) is 10.2 Å². The molecule has 0 unspecified atom stereocenters. The van der Waals surface area contributed by atoms with Gasteiger partial charge in [-0.25, -0.2) is 9.97 Å². The summed E-state index contributed by atoms with van der Waals surface area (Å²) in [5.41, 5.74) is 3.03. The van der Waals surface area contributed by atoms with E-state index in [0.29, 0.717) is 22.1 Å². The minimum absolute atomic E-state index is 0.0664. The van der Waals surface area contributed by atoms with Crippen molar-refractivity contribution in [3.8, 4) is 0 Å². The molecule has 2 aromatic heterocycles. The van der Waals surface area contributed by atoms with E-state index in [2.05, 4.69) is 20.6 Å². The summed E-state index contributed by atoms with van der Waals surface area (Å²) in [4.78, 5) is 34.9. The monoisotopic (exact) mass is 382 g/mol. The molecule has 140 valence electrons. The van der Waals surface area contributed by atoms with Gasteiger partial charge in [0.05, 0.1) is 4.88 Å². The van der Waals surface area contributed by atoms with Gasteiger partial charge in [-0.3, -0.25) is 9.59 Å². The first-order valence-corrected chi connectivity index (χ1v) is 9.54. The van der Waals surface area contributed by atoms with Crippen LogP contribution in [-0.4, -0.2) is 21.8 Å². The smallest absolute Gasteiger partial charge is 0.266 e. The van der Waals surface area contributed by atoms with E-state index in [-0.39, 0.29) is 17.7 Å². The van der Waals surface area contributed by atoms with E-state index < -0.39 is 0 Å². The maximum atomic E-state index is 12.8. The molecule has 0 bridgehead atoms. The molecule has 6 nitrogen and oxygen atoms in total. The van der Waals surface area contributed by atoms with Gasteiger partial charge in [0.15, 0.2) is 0 Å². The second-order valence-corrected chi connectivity index (χ2v) is 7.77. The Labute approximate surface area is 162 Å². The van der Waals surface area contributed by atoms with Gasteiger partial charge in [-0.2, -0.15) is 0 Å². The van der Waals surface area contributed by atoms with E-state index in [0.717, 1.165) is 21.5 Å². The number of hydrogen-bond donors (Lipinski definition) is 2. The fraction of sp³-hybridized carbons (Fsp3) is 0.300. The third kappa shape index (κ3) is 3.98. The van der Waals surface area contributed by atoms with Crippen LogP contribution in [0.15, 0.2) is 24.3 Å². The molecule has 0 spiro atoms. The molecule has 3 rings (SSSR count). The quantitative estimate of drug-likeness (QED) is 0.697. The SMILES string of the molecule is Cc1nc(C)c2c(C)c(C(=O)Nc3cccc(NC(=O)C(C)C)c3)sc2n1. The standard InChI is InChI=1S/C20H22N4O2S/c1-10(2)18(25)23-14-7-6-8-15(9-14)24-19(26)17-11(3)16-12(4)21-13(5)22-20(16)27-17/h6-10H,1-5H3,(H,23,25)(H,24,26). The second-order valence-electron chi connectivity index (χ2n) is 6.77. The topological polar surface area (TPSA) is 84.0 Å². The minimum atomic E-state index is -0.195. The molecule has 27 heavy (non-hydrogen) atoms. The van der Waals surface area contributed by atoms with Gasteiger partial charge < -0.3 is 10.6 Å². The summed E-state index contributed by atoms with van der Waals surface area (Å²) >= 11 is 1.37. The van der Waals surface area contributed by atoms with Gasteiger partial charge in [-0.05, 0) is 44.5 Å². The van der Waals surface area contributed by atoms with Gasteiger partial charge in [0.25, 0.3) is 5.91 Å². The summed E-state index contributed by atoms with van der Waals surface area (Å²) in [7, 11) is 0. The molecule has 1 aromatic carbocycles. The van der Waals surface area contributed by atoms with Gasteiger partial charge in [-0.15, -0.1) is 11.3 Å². The predicted octanol–water partition coefficient (Wildman–Crippen LogP) is 4.46. The molecular formula is C20H22N4O2S. The molecule has 0 aliphatic heterocycles. The number of thiophene rings is 1. The van der Waals surface area contributed by atoms with Crippen molar-refractivity contribution < 1.29 is 9.59 Å². The summed E-state index contributed by atoms with van der Waals surface area (Å²) in [5.74, 6) is 0.321. The molecule has 3 aromatic rings. The van der Waals surface area contributed by atoms with Crippen LogP contribution < -0.4 is 10.6 Å². The molecule has 0 saturated carbocycles. The molecule has 2 heterocycles. The molecule has 0 saturated heterocycles. The van der Waals surface area contributed by atoms with Gasteiger partial charge in [-0.1, -0.05) is 19.9 Å². The number of carbonyl (C=O) groups excluding carboxylic acids is 2. The Bertz CT molecular complexity index is 1040. The Morgan fingerprint density at radius 1 is 1.04 bits per heavy atom. The zero-order valence-corrected chi connectivity index (χ0v) is 16.8. The number of aromatic nitrogens is 2. The first-order valence-electron chi connectivity index (χ1n) is 8.73. The fourth-order valence-electron chi connectivity index (χ4n) is 2.84. The van der Waals surface area contributed by atoms with Crippen molar-refractivity contribution in [1.82, 2.24) is 9.97 Å². The van der Waals surface area contributed by atoms with E-state index in [1.165, 1.54) is 11.3 Å². The molecule has 7 heteroatoms. The van der Waals surface area contributed by atoms with Crippen molar-refractivity contribution in [3.63, 3.8) is 0 Å². The summed E-state index contributed by atoms with van der Waals surface area (Å²) in [6, 6.07) is 7.13. The van der Waals surface area contributed by atoms with E-state index in [1.807, 2.05) is 34.6 Å². The molecule has 0 aliphatic carbocycles. The van der Waals surface area contributed by atoms with Crippen LogP contribution in [0, 0.1) is 26.7 Å². The lowest BCUT2D eigenvalue weighted by molar-refractivity contribution is -0.118. The van der Waals surface area contributed by atoms with Crippen LogP contribution in [0.1, 0.15) is 40.6 Å². The maximum Gasteiger partial charge on any atom is 0.266 e. The third-order valence-corrected chi connectivity index (χ3v) is 5.39. The molecular weight excluding hydrogens is 360 g/mol. The lowest BCUT2D eigenvalue weighted by atomic mass is 10.1. The normalized spacial score (nSPS) is 11.0. The number of rotatable bonds is 4. The van der Waals surface area contributed by atoms with Crippen LogP contribution in [0.2, 0.25) is 0 Å². The zero-order valence-electron chi connectivity index (χ0n) is 16.0. The first kappa shape index (κ1) is 19.0. The summed E-state index contributed by atoms with van der Waals surface area (Å²) in [6.45, 7) is 9.35. The largest absolute Gasteiger partial charge is 0.326 e. The van der Waals surface area contributed by atoms with Gasteiger partial charge >= 0.3 is 0 Å². The van der Waals surface area contributed by atoms with E-state index in [1.54, 1.807) is 24.3 Å². The lowest BCUT2D eigenvalue weighted by Crippen LogP contribution is -2.18. The van der Waals surface area contributed by atoms with Crippen molar-refractivity contribution in [2.45, 2.75) is 34.6 Å². The third-order valence-electron chi connectivity index (χ3n) is 4.20. The summed E-state index contributed by atoms with van der Waals surface area (Å²) in [6.07, 6.45) is 0. The van der Waals surface area contributed by atoms with Crippen molar-refractivity contribution in [3.05, 3.63) is 46.2 Å². The van der Waals surface area contributed by atoms with Gasteiger partial charge in [0.1, 0.15) is 10.7 Å². The van der Waals surface area contributed by atoms with Crippen molar-refractivity contribution in [2.75, 3.05) is 10.6 Å². The predicted molar refractivity (Wildman–Crippen MR) is 109 cm³/mol. The van der Waals surface area contributed by atoms with Crippen molar-refractivity contribution in [2.24, 2.45) is 5.92 Å². The number of aryl methyl sites for hydroxylation is 3.